The normalized spacial score (nSPS) is 19.8. The lowest BCUT2D eigenvalue weighted by molar-refractivity contribution is -0.165. The maximum Gasteiger partial charge on any atom is 0.509 e. The summed E-state index contributed by atoms with van der Waals surface area (Å²) in [6.07, 6.45) is 2.99. The minimum absolute atomic E-state index is 0.0113. The molecular weight excluding hydrogens is 697 g/mol. The molecule has 17 heteroatoms. The van der Waals surface area contributed by atoms with Gasteiger partial charge < -0.3 is 33.2 Å². The van der Waals surface area contributed by atoms with Gasteiger partial charge in [-0.2, -0.15) is 37.0 Å². The zero-order valence-electron chi connectivity index (χ0n) is 26.6. The van der Waals surface area contributed by atoms with Gasteiger partial charge in [0, 0.05) is 29.4 Å². The lowest BCUT2D eigenvalue weighted by Crippen LogP contribution is -2.44. The number of ether oxygens (including phenoxy) is 7. The Bertz CT molecular complexity index is 988. The molecule has 0 radical (unpaired) electrons. The first kappa shape index (κ1) is 41.2. The first-order valence-electron chi connectivity index (χ1n) is 15.5. The maximum absolute atomic E-state index is 12.8. The van der Waals surface area contributed by atoms with Gasteiger partial charge in [0.15, 0.2) is 0 Å². The van der Waals surface area contributed by atoms with Crippen molar-refractivity contribution in [3.05, 3.63) is 0 Å². The second-order valence-corrected chi connectivity index (χ2v) is 14.0. The molecule has 268 valence electrons. The Morgan fingerprint density at radius 3 is 1.77 bits per heavy atom. The van der Waals surface area contributed by atoms with Gasteiger partial charge in [0.1, 0.15) is 37.8 Å². The van der Waals surface area contributed by atoms with E-state index in [4.69, 9.17) is 28.4 Å². The standard InChI is InChI=1S/C30H46O13S4/c1-20(31)37-7-2-3-8-38-28(35)23-13-21-12-22(23)24(14-21)47-11-6-27(34)41-17-30(15-39-25(32)4-9-44,16-40-26(33)5-10-45)18-42-29(36)43-19-46/h21-24,44-46H,2-19H2,1H3. The van der Waals surface area contributed by atoms with E-state index in [0.29, 0.717) is 31.1 Å². The molecule has 0 N–H and O–H groups in total. The predicted molar refractivity (Wildman–Crippen MR) is 181 cm³/mol. The highest BCUT2D eigenvalue weighted by Crippen LogP contribution is 2.53. The molecule has 0 heterocycles. The van der Waals surface area contributed by atoms with Gasteiger partial charge in [-0.1, -0.05) is 0 Å². The van der Waals surface area contributed by atoms with Gasteiger partial charge in [-0.15, -0.1) is 12.6 Å². The summed E-state index contributed by atoms with van der Waals surface area (Å²) in [6, 6.07) is 0. The molecule has 4 unspecified atom stereocenters. The van der Waals surface area contributed by atoms with E-state index in [-0.39, 0.29) is 92.2 Å². The lowest BCUT2D eigenvalue weighted by Gasteiger charge is -2.31. The third kappa shape index (κ3) is 15.9. The molecule has 0 amide bonds. The van der Waals surface area contributed by atoms with Crippen molar-refractivity contribution in [1.29, 1.82) is 0 Å². The van der Waals surface area contributed by atoms with Crippen molar-refractivity contribution >= 4 is 85.7 Å². The van der Waals surface area contributed by atoms with Gasteiger partial charge in [-0.05, 0) is 43.9 Å². The minimum Gasteiger partial charge on any atom is -0.466 e. The largest absolute Gasteiger partial charge is 0.509 e. The van der Waals surface area contributed by atoms with Crippen molar-refractivity contribution in [2.75, 3.05) is 62.8 Å². The number of thioether (sulfide) groups is 1. The third-order valence-corrected chi connectivity index (χ3v) is 9.70. The second-order valence-electron chi connectivity index (χ2n) is 11.5. The van der Waals surface area contributed by atoms with Crippen LogP contribution < -0.4 is 0 Å². The average molecular weight is 743 g/mol. The monoisotopic (exact) mass is 742 g/mol. The Morgan fingerprint density at radius 2 is 1.23 bits per heavy atom. The number of unbranched alkanes of at least 4 members (excludes halogenated alkanes) is 1. The Hall–Kier alpha value is -1.98. The quantitative estimate of drug-likeness (QED) is 0.0456. The number of carbonyl (C=O) groups is 6. The third-order valence-electron chi connectivity index (χ3n) is 7.71. The Balaban J connectivity index is 1.90. The number of hydrogen-bond donors (Lipinski definition) is 3. The van der Waals surface area contributed by atoms with E-state index in [1.54, 1.807) is 11.8 Å². The fourth-order valence-corrected chi connectivity index (χ4v) is 7.41. The lowest BCUT2D eigenvalue weighted by atomic mass is 9.88. The van der Waals surface area contributed by atoms with Crippen LogP contribution >= 0.6 is 49.6 Å². The molecule has 47 heavy (non-hydrogen) atoms. The molecule has 2 saturated carbocycles. The van der Waals surface area contributed by atoms with Crippen molar-refractivity contribution in [3.63, 3.8) is 0 Å². The van der Waals surface area contributed by atoms with Crippen molar-refractivity contribution in [2.24, 2.45) is 23.2 Å². The molecule has 13 nitrogen and oxygen atoms in total. The van der Waals surface area contributed by atoms with Crippen LogP contribution in [0.4, 0.5) is 4.79 Å². The summed E-state index contributed by atoms with van der Waals surface area (Å²) in [7, 11) is 0. The van der Waals surface area contributed by atoms with Gasteiger partial charge in [-0.25, -0.2) is 4.79 Å². The van der Waals surface area contributed by atoms with Crippen molar-refractivity contribution in [3.8, 4) is 0 Å². The average Bonchev–Trinajstić information content (AvgIpc) is 3.63. The van der Waals surface area contributed by atoms with E-state index < -0.39 is 36.1 Å². The maximum atomic E-state index is 12.8. The van der Waals surface area contributed by atoms with E-state index in [9.17, 15) is 28.8 Å². The summed E-state index contributed by atoms with van der Waals surface area (Å²) < 4.78 is 36.4. The minimum atomic E-state index is -1.41. The molecule has 2 aliphatic rings. The van der Waals surface area contributed by atoms with Gasteiger partial charge in [-0.3, -0.25) is 24.0 Å². The fourth-order valence-electron chi connectivity index (χ4n) is 5.40. The molecule has 2 bridgehead atoms. The zero-order chi connectivity index (χ0) is 34.7. The molecule has 2 fully saturated rings. The number of esters is 5. The molecule has 0 aromatic rings. The fraction of sp³-hybridized carbons (Fsp3) is 0.800. The number of hydrogen-bond acceptors (Lipinski definition) is 17. The molecule has 0 aromatic heterocycles. The van der Waals surface area contributed by atoms with Crippen LogP contribution in [-0.4, -0.2) is 104 Å². The van der Waals surface area contributed by atoms with E-state index in [1.807, 2.05) is 0 Å². The smallest absolute Gasteiger partial charge is 0.466 e. The molecular formula is C30H46O13S4. The van der Waals surface area contributed by atoms with Crippen LogP contribution in [0.15, 0.2) is 0 Å². The second kappa shape index (κ2) is 22.6. The summed E-state index contributed by atoms with van der Waals surface area (Å²) in [5, 5.41) is 0.214. The zero-order valence-corrected chi connectivity index (χ0v) is 30.1. The van der Waals surface area contributed by atoms with E-state index in [2.05, 4.69) is 42.6 Å². The molecule has 2 rings (SSSR count). The van der Waals surface area contributed by atoms with Gasteiger partial charge in [0.2, 0.25) is 0 Å². The van der Waals surface area contributed by atoms with E-state index >= 15 is 0 Å². The van der Waals surface area contributed by atoms with Gasteiger partial charge >= 0.3 is 36.0 Å². The highest BCUT2D eigenvalue weighted by Gasteiger charge is 2.49. The highest BCUT2D eigenvalue weighted by molar-refractivity contribution is 7.99. The summed E-state index contributed by atoms with van der Waals surface area (Å²) in [6.45, 7) is 0.356. The summed E-state index contributed by atoms with van der Waals surface area (Å²) in [5.74, 6) is -1.10. The van der Waals surface area contributed by atoms with Crippen molar-refractivity contribution in [1.82, 2.24) is 0 Å². The van der Waals surface area contributed by atoms with Crippen LogP contribution in [0.3, 0.4) is 0 Å². The summed E-state index contributed by atoms with van der Waals surface area (Å²) in [5.41, 5.74) is -1.41. The number of fused-ring (bicyclic) bond motifs is 2. The number of rotatable bonds is 23. The first-order valence-corrected chi connectivity index (χ1v) is 18.5. The van der Waals surface area contributed by atoms with Crippen molar-refractivity contribution < 1.29 is 61.9 Å². The van der Waals surface area contributed by atoms with Gasteiger partial charge in [0.05, 0.1) is 38.4 Å². The van der Waals surface area contributed by atoms with Crippen LogP contribution in [0.5, 0.6) is 0 Å². The molecule has 4 atom stereocenters. The molecule has 0 saturated heterocycles. The van der Waals surface area contributed by atoms with Crippen LogP contribution in [0.1, 0.15) is 58.3 Å². The molecule has 0 aliphatic heterocycles. The summed E-state index contributed by atoms with van der Waals surface area (Å²) >= 11 is 13.5. The van der Waals surface area contributed by atoms with E-state index in [1.165, 1.54) is 6.92 Å². The predicted octanol–water partition coefficient (Wildman–Crippen LogP) is 3.71. The molecule has 0 spiro atoms. The van der Waals surface area contributed by atoms with E-state index in [0.717, 1.165) is 19.3 Å². The Kier molecular flexibility index (Phi) is 19.8. The Morgan fingerprint density at radius 1 is 0.681 bits per heavy atom. The summed E-state index contributed by atoms with van der Waals surface area (Å²) in [4.78, 5) is 72.6. The topological polar surface area (TPSA) is 167 Å². The van der Waals surface area contributed by atoms with Crippen molar-refractivity contribution in [2.45, 2.75) is 63.5 Å². The van der Waals surface area contributed by atoms with Crippen LogP contribution in [0.25, 0.3) is 0 Å². The van der Waals surface area contributed by atoms with Crippen LogP contribution in [0, 0.1) is 23.2 Å². The van der Waals surface area contributed by atoms with Crippen LogP contribution in [0.2, 0.25) is 0 Å². The van der Waals surface area contributed by atoms with Crippen LogP contribution in [-0.2, 0) is 57.1 Å². The van der Waals surface area contributed by atoms with Gasteiger partial charge in [0.25, 0.3) is 0 Å². The first-order chi connectivity index (χ1) is 22.5. The Labute approximate surface area is 296 Å². The molecule has 0 aromatic carbocycles. The SMILES string of the molecule is CC(=O)OCCCCOC(=O)C1CC2CC(SCCC(=O)OCC(COC(=O)CCS)(COC(=O)CCS)COC(=O)OCS)C1C2. The highest BCUT2D eigenvalue weighted by atomic mass is 32.2. The molecule has 2 aliphatic carbocycles. The number of carbonyl (C=O) groups excluding carboxylic acids is 6. The number of thiol groups is 3.